The molecular formula is C26H20FNS. The number of hydrogen-bond acceptors (Lipinski definition) is 2. The second-order valence-electron chi connectivity index (χ2n) is 7.40. The summed E-state index contributed by atoms with van der Waals surface area (Å²) in [6.45, 7) is 3.78. The molecule has 5 rings (SSSR count). The van der Waals surface area contributed by atoms with Crippen molar-refractivity contribution in [2.75, 3.05) is 0 Å². The van der Waals surface area contributed by atoms with Crippen LogP contribution in [0.2, 0.25) is 0 Å². The number of fused-ring (bicyclic) bond motifs is 3. The fourth-order valence-electron chi connectivity index (χ4n) is 3.77. The Bertz CT molecular complexity index is 1380. The lowest BCUT2D eigenvalue weighted by atomic mass is 9.99. The molecule has 2 aromatic heterocycles. The molecule has 1 nitrogen and oxygen atoms in total. The van der Waals surface area contributed by atoms with Gasteiger partial charge in [-0.2, -0.15) is 0 Å². The van der Waals surface area contributed by atoms with Gasteiger partial charge >= 0.3 is 0 Å². The molecule has 29 heavy (non-hydrogen) atoms. The molecule has 0 aliphatic heterocycles. The fourth-order valence-corrected chi connectivity index (χ4v) is 5.13. The van der Waals surface area contributed by atoms with Crippen molar-refractivity contribution in [2.45, 2.75) is 19.7 Å². The van der Waals surface area contributed by atoms with Gasteiger partial charge in [0.1, 0.15) is 5.82 Å². The van der Waals surface area contributed by atoms with Gasteiger partial charge in [0.05, 0.1) is 5.69 Å². The normalized spacial score (nSPS) is 12.4. The first kappa shape index (κ1) is 16.9. The summed E-state index contributed by atoms with van der Waals surface area (Å²) >= 11 is 1.74. The second-order valence-corrected chi connectivity index (χ2v) is 8.42. The van der Waals surface area contributed by atoms with Gasteiger partial charge in [-0.05, 0) is 46.8 Å². The van der Waals surface area contributed by atoms with E-state index in [2.05, 4.69) is 41.4 Å². The molecule has 0 spiro atoms. The first-order valence-electron chi connectivity index (χ1n) is 10.1. The van der Waals surface area contributed by atoms with Gasteiger partial charge in [0.25, 0.3) is 0 Å². The van der Waals surface area contributed by atoms with Gasteiger partial charge in [0.15, 0.2) is 0 Å². The average Bonchev–Trinajstić information content (AvgIpc) is 3.13. The van der Waals surface area contributed by atoms with Crippen LogP contribution in [0.4, 0.5) is 4.39 Å². The predicted molar refractivity (Wildman–Crippen MR) is 122 cm³/mol. The first-order valence-corrected chi connectivity index (χ1v) is 10.4. The minimum atomic E-state index is -0.679. The van der Waals surface area contributed by atoms with Crippen LogP contribution in [0.1, 0.15) is 26.7 Å². The van der Waals surface area contributed by atoms with Crippen molar-refractivity contribution >= 4 is 31.5 Å². The van der Waals surface area contributed by atoms with Crippen LogP contribution in [-0.2, 0) is 0 Å². The Labute approximate surface area is 174 Å². The summed E-state index contributed by atoms with van der Waals surface area (Å²) in [6.07, 6.45) is 1.79. The van der Waals surface area contributed by atoms with Gasteiger partial charge in [0, 0.05) is 33.3 Å². The van der Waals surface area contributed by atoms with Crippen molar-refractivity contribution in [3.05, 3.63) is 90.4 Å². The van der Waals surface area contributed by atoms with Crippen LogP contribution in [0.15, 0.2) is 79.0 Å². The summed E-state index contributed by atoms with van der Waals surface area (Å²) in [5, 5.41) is 2.38. The summed E-state index contributed by atoms with van der Waals surface area (Å²) in [5.74, 6) is -0.908. The highest BCUT2D eigenvalue weighted by molar-refractivity contribution is 7.26. The predicted octanol–water partition coefficient (Wildman–Crippen LogP) is 8.05. The van der Waals surface area contributed by atoms with E-state index in [1.165, 1.54) is 32.3 Å². The van der Waals surface area contributed by atoms with E-state index in [0.29, 0.717) is 0 Å². The number of benzene rings is 3. The number of nitrogens with zero attached hydrogens (tertiary/aromatic N) is 1. The van der Waals surface area contributed by atoms with Crippen molar-refractivity contribution in [3.63, 3.8) is 0 Å². The van der Waals surface area contributed by atoms with Gasteiger partial charge in [0.2, 0.25) is 0 Å². The van der Waals surface area contributed by atoms with Crippen molar-refractivity contribution in [3.8, 4) is 22.4 Å². The Kier molecular flexibility index (Phi) is 4.12. The highest BCUT2D eigenvalue weighted by Crippen LogP contribution is 2.43. The van der Waals surface area contributed by atoms with E-state index < -0.39 is 5.89 Å². The van der Waals surface area contributed by atoms with Crippen molar-refractivity contribution in [1.82, 2.24) is 4.98 Å². The van der Waals surface area contributed by atoms with Crippen LogP contribution in [0.3, 0.4) is 0 Å². The number of thiophene rings is 1. The Morgan fingerprint density at radius 2 is 1.52 bits per heavy atom. The van der Waals surface area contributed by atoms with Crippen LogP contribution in [-0.4, -0.2) is 4.98 Å². The molecule has 0 radical (unpaired) electrons. The van der Waals surface area contributed by atoms with E-state index in [-0.39, 0.29) is 5.82 Å². The third-order valence-electron chi connectivity index (χ3n) is 5.29. The SMILES string of the molecule is [2H]C(C)(C)c1ccnc(-c2cccc3c2sc2c(-c4ccc(F)cc4)cccc23)c1. The molecule has 3 heteroatoms. The van der Waals surface area contributed by atoms with Crippen LogP contribution in [0.25, 0.3) is 42.6 Å². The summed E-state index contributed by atoms with van der Waals surface area (Å²) in [4.78, 5) is 4.62. The van der Waals surface area contributed by atoms with Gasteiger partial charge in [-0.1, -0.05) is 62.4 Å². The molecule has 142 valence electrons. The summed E-state index contributed by atoms with van der Waals surface area (Å²) < 4.78 is 24.2. The summed E-state index contributed by atoms with van der Waals surface area (Å²) in [6, 6.07) is 23.2. The number of halogens is 1. The lowest BCUT2D eigenvalue weighted by molar-refractivity contribution is 0.628. The van der Waals surface area contributed by atoms with Crippen molar-refractivity contribution in [2.24, 2.45) is 0 Å². The van der Waals surface area contributed by atoms with Crippen LogP contribution in [0.5, 0.6) is 0 Å². The molecule has 5 aromatic rings. The first-order chi connectivity index (χ1) is 14.4. The third-order valence-corrected chi connectivity index (χ3v) is 6.58. The van der Waals surface area contributed by atoms with Crippen molar-refractivity contribution < 1.29 is 5.76 Å². The topological polar surface area (TPSA) is 12.9 Å². The number of hydrogen-bond donors (Lipinski definition) is 0. The number of rotatable bonds is 3. The molecule has 0 bridgehead atoms. The number of pyridine rings is 1. The Morgan fingerprint density at radius 1 is 0.862 bits per heavy atom. The number of aromatic nitrogens is 1. The molecular weight excluding hydrogens is 377 g/mol. The molecule has 0 atom stereocenters. The Morgan fingerprint density at radius 3 is 2.21 bits per heavy atom. The van der Waals surface area contributed by atoms with Gasteiger partial charge in [-0.15, -0.1) is 11.3 Å². The van der Waals surface area contributed by atoms with Crippen LogP contribution < -0.4 is 0 Å². The fraction of sp³-hybridized carbons (Fsp3) is 0.115. The van der Waals surface area contributed by atoms with E-state index >= 15 is 0 Å². The maximum Gasteiger partial charge on any atom is 0.123 e. The molecule has 2 heterocycles. The van der Waals surface area contributed by atoms with E-state index in [0.717, 1.165) is 27.9 Å². The molecule has 0 fully saturated rings. The highest BCUT2D eigenvalue weighted by Gasteiger charge is 2.14. The Hall–Kier alpha value is -3.04. The monoisotopic (exact) mass is 398 g/mol. The van der Waals surface area contributed by atoms with E-state index in [1.54, 1.807) is 17.5 Å². The lowest BCUT2D eigenvalue weighted by Crippen LogP contribution is -1.90. The van der Waals surface area contributed by atoms with Gasteiger partial charge in [-0.25, -0.2) is 4.39 Å². The molecule has 0 aliphatic rings. The zero-order valence-corrected chi connectivity index (χ0v) is 17.1. The quantitative estimate of drug-likeness (QED) is 0.300. The van der Waals surface area contributed by atoms with E-state index in [9.17, 15) is 4.39 Å². The standard InChI is InChI=1S/C26H20FNS/c1-16(2)18-13-14-28-24(15-18)23-8-4-7-22-21-6-3-5-20(25(21)29-26(22)23)17-9-11-19(27)12-10-17/h3-16H,1-2H3/i16D. The largest absolute Gasteiger partial charge is 0.256 e. The molecule has 0 N–H and O–H groups in total. The molecule has 0 saturated heterocycles. The van der Waals surface area contributed by atoms with Crippen molar-refractivity contribution in [1.29, 1.82) is 0 Å². The summed E-state index contributed by atoms with van der Waals surface area (Å²) in [7, 11) is 0. The van der Waals surface area contributed by atoms with Gasteiger partial charge in [-0.3, -0.25) is 4.98 Å². The summed E-state index contributed by atoms with van der Waals surface area (Å²) in [5.41, 5.74) is 5.01. The average molecular weight is 399 g/mol. The van der Waals surface area contributed by atoms with E-state index in [4.69, 9.17) is 1.37 Å². The zero-order valence-electron chi connectivity index (χ0n) is 17.2. The molecule has 0 amide bonds. The molecule has 0 saturated carbocycles. The maximum absolute atomic E-state index is 13.4. The minimum absolute atomic E-state index is 0.229. The maximum atomic E-state index is 13.4. The molecule has 3 aromatic carbocycles. The smallest absolute Gasteiger partial charge is 0.123 e. The van der Waals surface area contributed by atoms with E-state index in [1.807, 2.05) is 38.1 Å². The lowest BCUT2D eigenvalue weighted by Gasteiger charge is -2.08. The third kappa shape index (κ3) is 3.12. The minimum Gasteiger partial charge on any atom is -0.256 e. The van der Waals surface area contributed by atoms with Crippen LogP contribution in [0, 0.1) is 5.82 Å². The second kappa shape index (κ2) is 7.09. The molecule has 0 unspecified atom stereocenters. The zero-order chi connectivity index (χ0) is 20.9. The Balaban J connectivity index is 1.76. The highest BCUT2D eigenvalue weighted by atomic mass is 32.1. The molecule has 0 aliphatic carbocycles. The van der Waals surface area contributed by atoms with Crippen LogP contribution >= 0.6 is 11.3 Å². The van der Waals surface area contributed by atoms with Gasteiger partial charge < -0.3 is 0 Å².